The molecule has 0 bridgehead atoms. The molecule has 98 valence electrons. The second-order valence-electron chi connectivity index (χ2n) is 3.26. The second kappa shape index (κ2) is 6.22. The predicted octanol–water partition coefficient (Wildman–Crippen LogP) is 1.13. The van der Waals surface area contributed by atoms with Gasteiger partial charge in [-0.15, -0.1) is 11.3 Å². The molecular formula is C7H13NO6P2S. The van der Waals surface area contributed by atoms with Crippen LogP contribution in [-0.4, -0.2) is 27.1 Å². The molecule has 1 heterocycles. The van der Waals surface area contributed by atoms with E-state index in [-0.39, 0.29) is 6.54 Å². The van der Waals surface area contributed by atoms with Gasteiger partial charge in [0.15, 0.2) is 5.90 Å². The van der Waals surface area contributed by atoms with Crippen LogP contribution in [0.3, 0.4) is 0 Å². The van der Waals surface area contributed by atoms with Crippen molar-refractivity contribution in [1.29, 1.82) is 0 Å². The summed E-state index contributed by atoms with van der Waals surface area (Å²) in [5, 5.41) is 1.90. The molecule has 10 heteroatoms. The third-order valence-electron chi connectivity index (χ3n) is 1.62. The van der Waals surface area contributed by atoms with Gasteiger partial charge in [-0.25, -0.2) is 4.62 Å². The quantitative estimate of drug-likeness (QED) is 0.339. The molecule has 0 aliphatic heterocycles. The molecule has 0 saturated carbocycles. The average molecular weight is 301 g/mol. The Morgan fingerprint density at radius 3 is 2.59 bits per heavy atom. The van der Waals surface area contributed by atoms with Crippen molar-refractivity contribution in [1.82, 2.24) is 5.48 Å². The Balaban J connectivity index is 2.26. The SMILES string of the molecule is O=P(O)(O)CP(=O)(O)ONCCc1cccs1. The lowest BCUT2D eigenvalue weighted by molar-refractivity contribution is 0.169. The number of hydrogen-bond acceptors (Lipinski definition) is 5. The number of rotatable bonds is 7. The highest BCUT2D eigenvalue weighted by Gasteiger charge is 2.31. The summed E-state index contributed by atoms with van der Waals surface area (Å²) in [6.07, 6.45) is 0.605. The highest BCUT2D eigenvalue weighted by Crippen LogP contribution is 2.54. The Kier molecular flexibility index (Phi) is 5.50. The Bertz CT molecular complexity index is 430. The molecule has 0 radical (unpaired) electrons. The summed E-state index contributed by atoms with van der Waals surface area (Å²) in [4.78, 5) is 27.2. The number of hydroxylamine groups is 1. The van der Waals surface area contributed by atoms with E-state index in [0.29, 0.717) is 6.42 Å². The summed E-state index contributed by atoms with van der Waals surface area (Å²) < 4.78 is 26.1. The Morgan fingerprint density at radius 2 is 2.06 bits per heavy atom. The lowest BCUT2D eigenvalue weighted by Gasteiger charge is -2.12. The topological polar surface area (TPSA) is 116 Å². The summed E-state index contributed by atoms with van der Waals surface area (Å²) >= 11 is 1.54. The van der Waals surface area contributed by atoms with Gasteiger partial charge in [-0.1, -0.05) is 6.07 Å². The molecule has 0 aliphatic carbocycles. The molecular weight excluding hydrogens is 288 g/mol. The zero-order valence-corrected chi connectivity index (χ0v) is 11.3. The molecule has 0 saturated heterocycles. The van der Waals surface area contributed by atoms with Crippen molar-refractivity contribution in [3.8, 4) is 0 Å². The molecule has 0 fully saturated rings. The normalized spacial score (nSPS) is 15.7. The Hall–Kier alpha value is -0.0400. The van der Waals surface area contributed by atoms with Crippen LogP contribution >= 0.6 is 26.5 Å². The first-order valence-corrected chi connectivity index (χ1v) is 9.03. The molecule has 1 unspecified atom stereocenters. The highest BCUT2D eigenvalue weighted by atomic mass is 32.1. The maximum atomic E-state index is 11.2. The van der Waals surface area contributed by atoms with Gasteiger partial charge in [0.2, 0.25) is 0 Å². The van der Waals surface area contributed by atoms with E-state index in [2.05, 4.69) is 10.1 Å². The third-order valence-corrected chi connectivity index (χ3v) is 5.88. The maximum Gasteiger partial charge on any atom is 0.356 e. The average Bonchev–Trinajstić information content (AvgIpc) is 2.60. The van der Waals surface area contributed by atoms with Crippen LogP contribution in [0.2, 0.25) is 0 Å². The predicted molar refractivity (Wildman–Crippen MR) is 63.8 cm³/mol. The largest absolute Gasteiger partial charge is 0.356 e. The van der Waals surface area contributed by atoms with E-state index in [1.807, 2.05) is 17.5 Å². The molecule has 0 aromatic carbocycles. The minimum Gasteiger partial charge on any atom is -0.324 e. The van der Waals surface area contributed by atoms with Crippen LogP contribution in [0, 0.1) is 0 Å². The zero-order valence-electron chi connectivity index (χ0n) is 8.72. The number of hydrogen-bond donors (Lipinski definition) is 4. The van der Waals surface area contributed by atoms with Crippen LogP contribution < -0.4 is 5.48 Å². The first-order valence-electron chi connectivity index (χ1n) is 4.59. The van der Waals surface area contributed by atoms with Gasteiger partial charge >= 0.3 is 15.2 Å². The van der Waals surface area contributed by atoms with Crippen molar-refractivity contribution in [2.75, 3.05) is 12.4 Å². The lowest BCUT2D eigenvalue weighted by atomic mass is 10.3. The van der Waals surface area contributed by atoms with Crippen LogP contribution in [0.5, 0.6) is 0 Å². The van der Waals surface area contributed by atoms with Gasteiger partial charge in [0, 0.05) is 11.4 Å². The second-order valence-corrected chi connectivity index (χ2v) is 8.21. The van der Waals surface area contributed by atoms with E-state index < -0.39 is 21.1 Å². The minimum atomic E-state index is -4.56. The van der Waals surface area contributed by atoms with Crippen molar-refractivity contribution in [3.05, 3.63) is 22.4 Å². The smallest absolute Gasteiger partial charge is 0.324 e. The van der Waals surface area contributed by atoms with E-state index in [1.165, 1.54) is 11.3 Å². The fourth-order valence-corrected chi connectivity index (χ4v) is 4.13. The summed E-state index contributed by atoms with van der Waals surface area (Å²) in [6, 6.07) is 3.78. The summed E-state index contributed by atoms with van der Waals surface area (Å²) in [7, 11) is -8.85. The molecule has 1 aromatic heterocycles. The zero-order chi connectivity index (χ0) is 12.9. The van der Waals surface area contributed by atoms with Gasteiger partial charge in [-0.2, -0.15) is 5.48 Å². The van der Waals surface area contributed by atoms with Gasteiger partial charge in [-0.05, 0) is 17.9 Å². The molecule has 4 N–H and O–H groups in total. The highest BCUT2D eigenvalue weighted by molar-refractivity contribution is 7.69. The fourth-order valence-electron chi connectivity index (χ4n) is 1.04. The van der Waals surface area contributed by atoms with Crippen LogP contribution in [0.25, 0.3) is 0 Å². The number of thiophene rings is 1. The van der Waals surface area contributed by atoms with E-state index in [9.17, 15) is 9.13 Å². The van der Waals surface area contributed by atoms with Crippen LogP contribution in [-0.2, 0) is 20.2 Å². The maximum absolute atomic E-state index is 11.2. The Morgan fingerprint density at radius 1 is 1.35 bits per heavy atom. The van der Waals surface area contributed by atoms with Crippen LogP contribution in [0.1, 0.15) is 4.88 Å². The monoisotopic (exact) mass is 301 g/mol. The van der Waals surface area contributed by atoms with E-state index in [1.54, 1.807) is 0 Å². The summed E-state index contributed by atoms with van der Waals surface area (Å²) in [5.41, 5.74) is 2.24. The first-order chi connectivity index (χ1) is 7.79. The molecule has 0 amide bonds. The van der Waals surface area contributed by atoms with Crippen molar-refractivity contribution in [2.24, 2.45) is 0 Å². The van der Waals surface area contributed by atoms with Gasteiger partial charge in [0.25, 0.3) is 0 Å². The van der Waals surface area contributed by atoms with Crippen molar-refractivity contribution >= 4 is 26.5 Å². The third kappa shape index (κ3) is 7.08. The summed E-state index contributed by atoms with van der Waals surface area (Å²) in [6.45, 7) is 0.284. The molecule has 0 spiro atoms. The van der Waals surface area contributed by atoms with Crippen LogP contribution in [0.4, 0.5) is 0 Å². The van der Waals surface area contributed by atoms with Gasteiger partial charge in [0.1, 0.15) is 0 Å². The molecule has 0 aliphatic rings. The van der Waals surface area contributed by atoms with Crippen molar-refractivity contribution in [2.45, 2.75) is 6.42 Å². The lowest BCUT2D eigenvalue weighted by Crippen LogP contribution is -2.16. The fraction of sp³-hybridized carbons (Fsp3) is 0.429. The molecule has 17 heavy (non-hydrogen) atoms. The van der Waals surface area contributed by atoms with E-state index in [4.69, 9.17) is 14.7 Å². The first kappa shape index (κ1) is 15.0. The minimum absolute atomic E-state index is 0.284. The Labute approximate surface area is 102 Å². The number of nitrogens with one attached hydrogen (secondary N) is 1. The van der Waals surface area contributed by atoms with Gasteiger partial charge < -0.3 is 14.7 Å². The van der Waals surface area contributed by atoms with Gasteiger partial charge in [-0.3, -0.25) is 9.13 Å². The molecule has 1 aromatic rings. The van der Waals surface area contributed by atoms with Gasteiger partial charge in [0.05, 0.1) is 0 Å². The van der Waals surface area contributed by atoms with Crippen molar-refractivity contribution < 1.29 is 28.4 Å². The summed E-state index contributed by atoms with van der Waals surface area (Å²) in [5.74, 6) is -1.19. The molecule has 1 rings (SSSR count). The van der Waals surface area contributed by atoms with Crippen molar-refractivity contribution in [3.63, 3.8) is 0 Å². The standard InChI is InChI=1S/C7H13NO6P2S/c9-15(10,11)6-16(12,13)14-8-4-3-7-2-1-5-17-7/h1-2,5,8H,3-4,6H2,(H,12,13)(H2,9,10,11). The molecule has 1 atom stereocenters. The van der Waals surface area contributed by atoms with E-state index in [0.717, 1.165) is 4.88 Å². The van der Waals surface area contributed by atoms with E-state index >= 15 is 0 Å². The molecule has 7 nitrogen and oxygen atoms in total. The van der Waals surface area contributed by atoms with Crippen LogP contribution in [0.15, 0.2) is 17.5 Å².